The van der Waals surface area contributed by atoms with Crippen LogP contribution in [0.1, 0.15) is 47.6 Å². The molecule has 8 heteroatoms. The molecule has 0 heterocycles. The molecule has 0 aliphatic rings. The number of carbonyl (C=O) groups is 2. The molecule has 7 nitrogen and oxygen atoms in total. The molecule has 1 atom stereocenters. The number of amides is 2. The molecule has 3 aromatic carbocycles. The number of benzene rings is 3. The average Bonchev–Trinajstić information content (AvgIpc) is 2.89. The van der Waals surface area contributed by atoms with Crippen molar-refractivity contribution in [3.63, 3.8) is 0 Å². The summed E-state index contributed by atoms with van der Waals surface area (Å²) < 4.78 is 27.0. The van der Waals surface area contributed by atoms with Gasteiger partial charge in [0, 0.05) is 19.5 Å². The Morgan fingerprint density at radius 2 is 1.48 bits per heavy atom. The maximum absolute atomic E-state index is 14.1. The Balaban J connectivity index is 2.04. The summed E-state index contributed by atoms with van der Waals surface area (Å²) in [5.41, 5.74) is 5.06. The van der Waals surface area contributed by atoms with Crippen LogP contribution in [0.4, 0.5) is 5.69 Å². The van der Waals surface area contributed by atoms with E-state index < -0.39 is 28.5 Å². The fraction of sp³-hybridized carbons (Fsp3) is 0.375. The fourth-order valence-electron chi connectivity index (χ4n) is 4.66. The zero-order chi connectivity index (χ0) is 29.3. The third kappa shape index (κ3) is 8.95. The van der Waals surface area contributed by atoms with Gasteiger partial charge in [0.2, 0.25) is 21.8 Å². The van der Waals surface area contributed by atoms with Gasteiger partial charge in [-0.2, -0.15) is 0 Å². The van der Waals surface area contributed by atoms with E-state index in [1.165, 1.54) is 4.90 Å². The van der Waals surface area contributed by atoms with E-state index in [2.05, 4.69) is 5.32 Å². The average molecular weight is 564 g/mol. The van der Waals surface area contributed by atoms with Crippen LogP contribution in [0, 0.1) is 20.8 Å². The number of aryl methyl sites for hydroxylation is 3. The molecule has 0 aromatic heterocycles. The van der Waals surface area contributed by atoms with E-state index in [4.69, 9.17) is 0 Å². The molecule has 3 rings (SSSR count). The van der Waals surface area contributed by atoms with Crippen molar-refractivity contribution in [3.05, 3.63) is 101 Å². The van der Waals surface area contributed by atoms with Crippen LogP contribution < -0.4 is 9.62 Å². The van der Waals surface area contributed by atoms with Crippen molar-refractivity contribution in [1.29, 1.82) is 0 Å². The van der Waals surface area contributed by atoms with Crippen LogP contribution >= 0.6 is 0 Å². The van der Waals surface area contributed by atoms with Gasteiger partial charge < -0.3 is 10.2 Å². The second kappa shape index (κ2) is 14.1. The van der Waals surface area contributed by atoms with Gasteiger partial charge in [-0.05, 0) is 61.6 Å². The van der Waals surface area contributed by atoms with Gasteiger partial charge in [0.25, 0.3) is 0 Å². The number of sulfonamides is 1. The normalized spacial score (nSPS) is 12.0. The Labute approximate surface area is 239 Å². The highest BCUT2D eigenvalue weighted by molar-refractivity contribution is 7.92. The van der Waals surface area contributed by atoms with Crippen LogP contribution in [-0.4, -0.2) is 50.5 Å². The maximum atomic E-state index is 14.1. The largest absolute Gasteiger partial charge is 0.354 e. The van der Waals surface area contributed by atoms with Gasteiger partial charge in [-0.1, -0.05) is 79.6 Å². The van der Waals surface area contributed by atoms with Crippen LogP contribution in [0.2, 0.25) is 0 Å². The molecular formula is C32H41N3O4S. The maximum Gasteiger partial charge on any atom is 0.244 e. The summed E-state index contributed by atoms with van der Waals surface area (Å²) in [6, 6.07) is 22.0. The first kappa shape index (κ1) is 30.9. The molecule has 0 fully saturated rings. The molecule has 0 spiro atoms. The summed E-state index contributed by atoms with van der Waals surface area (Å²) >= 11 is 0. The summed E-state index contributed by atoms with van der Waals surface area (Å²) in [5, 5.41) is 3.00. The van der Waals surface area contributed by atoms with Gasteiger partial charge in [0.1, 0.15) is 12.6 Å². The van der Waals surface area contributed by atoms with Crippen molar-refractivity contribution >= 4 is 27.5 Å². The van der Waals surface area contributed by atoms with E-state index in [0.717, 1.165) is 51.2 Å². The number of carbonyl (C=O) groups excluding carboxylic acids is 2. The highest BCUT2D eigenvalue weighted by atomic mass is 32.2. The minimum absolute atomic E-state index is 0.169. The number of nitrogens with one attached hydrogen (secondary N) is 1. The van der Waals surface area contributed by atoms with Gasteiger partial charge in [-0.25, -0.2) is 8.42 Å². The predicted molar refractivity (Wildman–Crippen MR) is 162 cm³/mol. The lowest BCUT2D eigenvalue weighted by atomic mass is 10.0. The van der Waals surface area contributed by atoms with Gasteiger partial charge in [0.05, 0.1) is 11.9 Å². The molecule has 214 valence electrons. The molecule has 0 aliphatic carbocycles. The Kier molecular flexibility index (Phi) is 10.9. The van der Waals surface area contributed by atoms with Crippen molar-refractivity contribution in [3.8, 4) is 0 Å². The second-order valence-corrected chi connectivity index (χ2v) is 12.4. The summed E-state index contributed by atoms with van der Waals surface area (Å²) in [4.78, 5) is 29.3. The van der Waals surface area contributed by atoms with Crippen LogP contribution in [0.5, 0.6) is 0 Å². The lowest BCUT2D eigenvalue weighted by Crippen LogP contribution is -2.53. The lowest BCUT2D eigenvalue weighted by Gasteiger charge is -2.33. The molecule has 0 unspecified atom stereocenters. The van der Waals surface area contributed by atoms with Gasteiger partial charge >= 0.3 is 0 Å². The van der Waals surface area contributed by atoms with E-state index in [0.29, 0.717) is 18.7 Å². The summed E-state index contributed by atoms with van der Waals surface area (Å²) in [6.07, 6.45) is 3.15. The Morgan fingerprint density at radius 3 is 2.05 bits per heavy atom. The van der Waals surface area contributed by atoms with E-state index in [1.807, 2.05) is 88.4 Å². The third-order valence-electron chi connectivity index (χ3n) is 6.75. The number of anilines is 1. The predicted octanol–water partition coefficient (Wildman–Crippen LogP) is 4.93. The van der Waals surface area contributed by atoms with Crippen molar-refractivity contribution < 1.29 is 18.0 Å². The topological polar surface area (TPSA) is 86.8 Å². The minimum Gasteiger partial charge on any atom is -0.354 e. The number of nitrogens with zero attached hydrogens (tertiary/aromatic N) is 2. The molecule has 0 saturated carbocycles. The van der Waals surface area contributed by atoms with Crippen molar-refractivity contribution in [2.24, 2.45) is 0 Å². The molecule has 3 aromatic rings. The summed E-state index contributed by atoms with van der Waals surface area (Å²) in [7, 11) is -3.80. The quantitative estimate of drug-likeness (QED) is 0.299. The van der Waals surface area contributed by atoms with Crippen LogP contribution in [0.3, 0.4) is 0 Å². The first-order chi connectivity index (χ1) is 19.0. The molecule has 1 N–H and O–H groups in total. The van der Waals surface area contributed by atoms with Gasteiger partial charge in [0.15, 0.2) is 0 Å². The van der Waals surface area contributed by atoms with Crippen molar-refractivity contribution in [2.75, 3.05) is 23.7 Å². The molecule has 0 saturated heterocycles. The van der Waals surface area contributed by atoms with E-state index in [1.54, 1.807) is 12.1 Å². The number of unbranched alkanes of at least 4 members (excludes halogenated alkanes) is 1. The molecule has 40 heavy (non-hydrogen) atoms. The fourth-order valence-corrected chi connectivity index (χ4v) is 5.49. The molecule has 0 aliphatic heterocycles. The molecule has 2 amide bonds. The zero-order valence-corrected chi connectivity index (χ0v) is 25.0. The van der Waals surface area contributed by atoms with Crippen molar-refractivity contribution in [1.82, 2.24) is 10.2 Å². The number of hydrogen-bond acceptors (Lipinski definition) is 4. The van der Waals surface area contributed by atoms with Gasteiger partial charge in [-0.3, -0.25) is 13.9 Å². The van der Waals surface area contributed by atoms with Crippen LogP contribution in [-0.2, 0) is 32.6 Å². The minimum atomic E-state index is -3.80. The van der Waals surface area contributed by atoms with E-state index >= 15 is 0 Å². The monoisotopic (exact) mass is 563 g/mol. The molecule has 0 radical (unpaired) electrons. The Bertz CT molecular complexity index is 1370. The smallest absolute Gasteiger partial charge is 0.244 e. The Morgan fingerprint density at radius 1 is 0.850 bits per heavy atom. The highest BCUT2D eigenvalue weighted by Gasteiger charge is 2.33. The van der Waals surface area contributed by atoms with Crippen LogP contribution in [0.25, 0.3) is 0 Å². The van der Waals surface area contributed by atoms with Gasteiger partial charge in [-0.15, -0.1) is 0 Å². The second-order valence-electron chi connectivity index (χ2n) is 10.5. The van der Waals surface area contributed by atoms with E-state index in [9.17, 15) is 18.0 Å². The molecule has 0 bridgehead atoms. The first-order valence-electron chi connectivity index (χ1n) is 13.7. The van der Waals surface area contributed by atoms with E-state index in [-0.39, 0.29) is 12.5 Å². The van der Waals surface area contributed by atoms with Crippen molar-refractivity contribution in [2.45, 2.75) is 59.5 Å². The summed E-state index contributed by atoms with van der Waals surface area (Å²) in [6.45, 7) is 8.07. The number of rotatable bonds is 13. The SMILES string of the molecule is CCCCNC(=O)[C@@H](Cc1ccccc1)N(Cc1ccc(C)cc1)C(=O)CN(c1cc(C)cc(C)c1)S(C)(=O)=O. The Hall–Kier alpha value is -3.65. The lowest BCUT2D eigenvalue weighted by molar-refractivity contribution is -0.140. The third-order valence-corrected chi connectivity index (χ3v) is 7.89. The summed E-state index contributed by atoms with van der Waals surface area (Å²) in [5.74, 6) is -0.702. The highest BCUT2D eigenvalue weighted by Crippen LogP contribution is 2.23. The number of hydrogen-bond donors (Lipinski definition) is 1. The van der Waals surface area contributed by atoms with Crippen LogP contribution in [0.15, 0.2) is 72.8 Å². The first-order valence-corrected chi connectivity index (χ1v) is 15.6. The standard InChI is InChI=1S/C32H41N3O4S/c1-6-7-17-33-32(37)30(21-27-11-9-8-10-12-27)34(22-28-15-13-24(2)14-16-28)31(36)23-35(40(5,38)39)29-19-25(3)18-26(4)20-29/h8-16,18-20,30H,6-7,17,21-23H2,1-5H3,(H,33,37)/t30-/m1/s1. The zero-order valence-electron chi connectivity index (χ0n) is 24.2. The molecular weight excluding hydrogens is 522 g/mol.